The van der Waals surface area contributed by atoms with Crippen LogP contribution in [-0.4, -0.2) is 68.4 Å². The molecule has 3 aromatic carbocycles. The molecule has 0 radical (unpaired) electrons. The number of ether oxygens (including phenoxy) is 2. The molecule has 2 aliphatic heterocycles. The lowest BCUT2D eigenvalue weighted by atomic mass is 10.1. The fraction of sp³-hybridized carbons (Fsp3) is 0.294. The molecule has 2 aliphatic rings. The van der Waals surface area contributed by atoms with Gasteiger partial charge in [0.2, 0.25) is 9.84 Å². The lowest BCUT2D eigenvalue weighted by Crippen LogP contribution is -2.38. The number of fused-ring (bicyclic) bond motifs is 2. The first kappa shape index (κ1) is 32.4. The van der Waals surface area contributed by atoms with Crippen LogP contribution in [-0.2, 0) is 25.9 Å². The standard InChI is InChI=1S/C34H34N4O7S2/c1-2-44-34(41)28-8-5-16-38(28)17-6-18-45-24-13-10-22(11-14-24)33-36-21-25(46-33)20-35-31(39)23-12-15-30-27(19-23)37-32(40)26-7-3-4-9-29(26)47(30,42)43/h3-4,7,9-15,19,21,28H,2,5-6,8,16-18,20H2,1H3,(H,35,39)(H,37,40)/t28-/m0/s1. The number of nitrogens with one attached hydrogen (secondary N) is 2. The number of carbonyl (C=O) groups is 3. The highest BCUT2D eigenvalue weighted by Crippen LogP contribution is 2.34. The number of esters is 1. The quantitative estimate of drug-likeness (QED) is 0.167. The Hall–Kier alpha value is -4.59. The van der Waals surface area contributed by atoms with Crippen molar-refractivity contribution in [3.05, 3.63) is 88.9 Å². The average Bonchev–Trinajstić information content (AvgIpc) is 3.74. The van der Waals surface area contributed by atoms with E-state index in [1.165, 1.54) is 41.7 Å². The van der Waals surface area contributed by atoms with Crippen LogP contribution in [0.4, 0.5) is 5.69 Å². The Balaban J connectivity index is 1.01. The van der Waals surface area contributed by atoms with Gasteiger partial charge in [-0.2, -0.15) is 0 Å². The summed E-state index contributed by atoms with van der Waals surface area (Å²) in [5, 5.41) is 6.27. The van der Waals surface area contributed by atoms with E-state index < -0.39 is 21.7 Å². The summed E-state index contributed by atoms with van der Waals surface area (Å²) in [6.07, 6.45) is 4.34. The van der Waals surface area contributed by atoms with Crippen molar-refractivity contribution in [3.8, 4) is 16.3 Å². The summed E-state index contributed by atoms with van der Waals surface area (Å²) in [7, 11) is -3.96. The minimum absolute atomic E-state index is 0.0532. The van der Waals surface area contributed by atoms with Crippen molar-refractivity contribution in [1.29, 1.82) is 0 Å². The van der Waals surface area contributed by atoms with Crippen molar-refractivity contribution in [2.24, 2.45) is 0 Å². The molecule has 0 aliphatic carbocycles. The van der Waals surface area contributed by atoms with E-state index in [4.69, 9.17) is 9.47 Å². The Bertz CT molecular complexity index is 1910. The van der Waals surface area contributed by atoms with E-state index in [1.54, 1.807) is 18.3 Å². The smallest absolute Gasteiger partial charge is 0.323 e. The Morgan fingerprint density at radius 2 is 1.89 bits per heavy atom. The van der Waals surface area contributed by atoms with E-state index in [1.807, 2.05) is 31.2 Å². The Morgan fingerprint density at radius 1 is 1.09 bits per heavy atom. The first-order valence-corrected chi connectivity index (χ1v) is 17.7. The largest absolute Gasteiger partial charge is 0.494 e. The lowest BCUT2D eigenvalue weighted by molar-refractivity contribution is -0.148. The minimum Gasteiger partial charge on any atom is -0.494 e. The van der Waals surface area contributed by atoms with Gasteiger partial charge in [0, 0.05) is 28.7 Å². The van der Waals surface area contributed by atoms with Crippen LogP contribution in [0.15, 0.2) is 82.7 Å². The molecule has 1 fully saturated rings. The number of hydrogen-bond donors (Lipinski definition) is 2. The average molecular weight is 675 g/mol. The first-order chi connectivity index (χ1) is 22.7. The third-order valence-electron chi connectivity index (χ3n) is 8.06. The summed E-state index contributed by atoms with van der Waals surface area (Å²) in [6, 6.07) is 17.7. The number of benzene rings is 3. The Labute approximate surface area is 276 Å². The van der Waals surface area contributed by atoms with Crippen LogP contribution in [0.2, 0.25) is 0 Å². The van der Waals surface area contributed by atoms with Crippen LogP contribution in [0, 0.1) is 0 Å². The number of anilines is 1. The van der Waals surface area contributed by atoms with Gasteiger partial charge in [0.05, 0.1) is 40.8 Å². The van der Waals surface area contributed by atoms with Crippen LogP contribution >= 0.6 is 11.3 Å². The molecule has 0 unspecified atom stereocenters. The van der Waals surface area contributed by atoms with Crippen molar-refractivity contribution >= 4 is 44.6 Å². The Kier molecular flexibility index (Phi) is 9.66. The van der Waals surface area contributed by atoms with Gasteiger partial charge >= 0.3 is 5.97 Å². The molecule has 47 heavy (non-hydrogen) atoms. The third-order valence-corrected chi connectivity index (χ3v) is 11.0. The second-order valence-electron chi connectivity index (χ2n) is 11.2. The normalized spacial score (nSPS) is 16.8. The van der Waals surface area contributed by atoms with Gasteiger partial charge in [0.15, 0.2) is 0 Å². The highest BCUT2D eigenvalue weighted by Gasteiger charge is 2.32. The van der Waals surface area contributed by atoms with Gasteiger partial charge in [-0.3, -0.25) is 19.3 Å². The van der Waals surface area contributed by atoms with Crippen molar-refractivity contribution in [2.45, 2.75) is 48.6 Å². The van der Waals surface area contributed by atoms with E-state index in [9.17, 15) is 22.8 Å². The molecule has 2 amide bonds. The summed E-state index contributed by atoms with van der Waals surface area (Å²) in [4.78, 5) is 45.2. The van der Waals surface area contributed by atoms with Gasteiger partial charge in [0.1, 0.15) is 16.8 Å². The van der Waals surface area contributed by atoms with Crippen LogP contribution in [0.25, 0.3) is 10.6 Å². The number of nitrogens with zero attached hydrogens (tertiary/aromatic N) is 2. The number of carbonyl (C=O) groups excluding carboxylic acids is 3. The molecule has 1 saturated heterocycles. The van der Waals surface area contributed by atoms with Gasteiger partial charge < -0.3 is 20.1 Å². The molecule has 1 atom stereocenters. The second-order valence-corrected chi connectivity index (χ2v) is 14.2. The van der Waals surface area contributed by atoms with Gasteiger partial charge in [-0.05, 0) is 87.3 Å². The highest BCUT2D eigenvalue weighted by atomic mass is 32.2. The molecule has 6 rings (SSSR count). The molecule has 1 aromatic heterocycles. The highest BCUT2D eigenvalue weighted by molar-refractivity contribution is 7.91. The third kappa shape index (κ3) is 7.07. The molecule has 2 N–H and O–H groups in total. The second kappa shape index (κ2) is 14.0. The van der Waals surface area contributed by atoms with Gasteiger partial charge in [-0.25, -0.2) is 13.4 Å². The number of amides is 2. The fourth-order valence-corrected chi connectivity index (χ4v) is 8.19. The molecular weight excluding hydrogens is 641 g/mol. The molecular formula is C34H34N4O7S2. The summed E-state index contributed by atoms with van der Waals surface area (Å²) in [6.45, 7) is 4.65. The number of rotatable bonds is 11. The van der Waals surface area contributed by atoms with E-state index in [-0.39, 0.29) is 45.2 Å². The molecule has 0 saturated carbocycles. The van der Waals surface area contributed by atoms with Crippen molar-refractivity contribution in [3.63, 3.8) is 0 Å². The number of thiazole rings is 1. The van der Waals surface area contributed by atoms with Crippen LogP contribution < -0.4 is 15.4 Å². The maximum Gasteiger partial charge on any atom is 0.323 e. The lowest BCUT2D eigenvalue weighted by Gasteiger charge is -2.22. The molecule has 11 nitrogen and oxygen atoms in total. The molecule has 0 bridgehead atoms. The zero-order chi connectivity index (χ0) is 33.0. The molecule has 4 aromatic rings. The van der Waals surface area contributed by atoms with Crippen molar-refractivity contribution < 1.29 is 32.3 Å². The molecule has 244 valence electrons. The number of aromatic nitrogens is 1. The molecule has 3 heterocycles. The fourth-order valence-electron chi connectivity index (χ4n) is 5.74. The summed E-state index contributed by atoms with van der Waals surface area (Å²) >= 11 is 1.44. The number of hydrogen-bond acceptors (Lipinski definition) is 10. The summed E-state index contributed by atoms with van der Waals surface area (Å²) in [5.74, 6) is -0.365. The number of sulfone groups is 1. The van der Waals surface area contributed by atoms with Crippen molar-refractivity contribution in [1.82, 2.24) is 15.2 Å². The Morgan fingerprint density at radius 3 is 2.70 bits per heavy atom. The van der Waals surface area contributed by atoms with Gasteiger partial charge in [-0.15, -0.1) is 11.3 Å². The monoisotopic (exact) mass is 674 g/mol. The van der Waals surface area contributed by atoms with Gasteiger partial charge in [-0.1, -0.05) is 12.1 Å². The predicted molar refractivity (Wildman–Crippen MR) is 176 cm³/mol. The minimum atomic E-state index is -3.96. The van der Waals surface area contributed by atoms with E-state index in [0.29, 0.717) is 13.2 Å². The van der Waals surface area contributed by atoms with Crippen LogP contribution in [0.5, 0.6) is 5.75 Å². The molecule has 13 heteroatoms. The van der Waals surface area contributed by atoms with E-state index >= 15 is 0 Å². The maximum atomic E-state index is 13.2. The van der Waals surface area contributed by atoms with Crippen LogP contribution in [0.3, 0.4) is 0 Å². The topological polar surface area (TPSA) is 144 Å². The zero-order valence-corrected chi connectivity index (χ0v) is 27.4. The van der Waals surface area contributed by atoms with E-state index in [2.05, 4.69) is 20.5 Å². The van der Waals surface area contributed by atoms with Crippen LogP contribution in [0.1, 0.15) is 51.8 Å². The SMILES string of the molecule is CCOC(=O)[C@@H]1CCCN1CCCOc1ccc(-c2ncc(CNC(=O)c3ccc4c(c3)NC(=O)c3ccccc3S4(=O)=O)s2)cc1. The molecule has 0 spiro atoms. The van der Waals surface area contributed by atoms with Crippen molar-refractivity contribution in [2.75, 3.05) is 31.6 Å². The predicted octanol–water partition coefficient (Wildman–Crippen LogP) is 4.94. The number of likely N-dealkylation sites (tertiary alicyclic amines) is 1. The summed E-state index contributed by atoms with van der Waals surface area (Å²) < 4.78 is 37.6. The maximum absolute atomic E-state index is 13.2. The first-order valence-electron chi connectivity index (χ1n) is 15.4. The zero-order valence-electron chi connectivity index (χ0n) is 25.7. The van der Waals surface area contributed by atoms with E-state index in [0.717, 1.165) is 53.5 Å². The summed E-state index contributed by atoms with van der Waals surface area (Å²) in [5.41, 5.74) is 1.24. The van der Waals surface area contributed by atoms with Gasteiger partial charge in [0.25, 0.3) is 11.8 Å².